The Kier molecular flexibility index (Phi) is 4.53. The number of amides is 1. The third-order valence-electron chi connectivity index (χ3n) is 3.53. The third kappa shape index (κ3) is 3.19. The van der Waals surface area contributed by atoms with E-state index in [4.69, 9.17) is 5.73 Å². The first-order valence-electron chi connectivity index (χ1n) is 6.52. The van der Waals surface area contributed by atoms with Crippen molar-refractivity contribution >= 4 is 27.5 Å². The van der Waals surface area contributed by atoms with Crippen LogP contribution in [0.2, 0.25) is 0 Å². The summed E-state index contributed by atoms with van der Waals surface area (Å²) < 4.78 is 0.760. The highest BCUT2D eigenvalue weighted by Crippen LogP contribution is 2.29. The normalized spacial score (nSPS) is 12.0. The smallest absolute Gasteiger partial charge is 0.254 e. The molecule has 0 fully saturated rings. The SMILES string of the molecule is CC(c1ccccc1O)N(C)C(=O)c1ccc(Br)c(N)c1. The van der Waals surface area contributed by atoms with Gasteiger partial charge in [-0.2, -0.15) is 0 Å². The Balaban J connectivity index is 2.26. The summed E-state index contributed by atoms with van der Waals surface area (Å²) in [6.45, 7) is 1.87. The molecule has 0 saturated carbocycles. The molecule has 0 heterocycles. The molecule has 2 aromatic rings. The van der Waals surface area contributed by atoms with E-state index in [9.17, 15) is 9.90 Å². The van der Waals surface area contributed by atoms with E-state index in [1.807, 2.05) is 13.0 Å². The van der Waals surface area contributed by atoms with Crippen LogP contribution >= 0.6 is 15.9 Å². The summed E-state index contributed by atoms with van der Waals surface area (Å²) in [6, 6.07) is 11.9. The van der Waals surface area contributed by atoms with Gasteiger partial charge in [0.1, 0.15) is 5.75 Å². The van der Waals surface area contributed by atoms with Gasteiger partial charge in [0, 0.05) is 28.3 Å². The minimum atomic E-state index is -0.247. The number of nitrogen functional groups attached to an aromatic ring is 1. The van der Waals surface area contributed by atoms with Gasteiger partial charge >= 0.3 is 0 Å². The Morgan fingerprint density at radius 2 is 1.95 bits per heavy atom. The molecule has 0 aliphatic heterocycles. The van der Waals surface area contributed by atoms with E-state index < -0.39 is 0 Å². The van der Waals surface area contributed by atoms with Crippen LogP contribution in [-0.4, -0.2) is 23.0 Å². The zero-order valence-electron chi connectivity index (χ0n) is 11.9. The van der Waals surface area contributed by atoms with Gasteiger partial charge in [0.15, 0.2) is 0 Å². The molecule has 2 aromatic carbocycles. The monoisotopic (exact) mass is 348 g/mol. The van der Waals surface area contributed by atoms with Gasteiger partial charge in [-0.15, -0.1) is 0 Å². The summed E-state index contributed by atoms with van der Waals surface area (Å²) >= 11 is 3.31. The number of aromatic hydroxyl groups is 1. The van der Waals surface area contributed by atoms with Crippen molar-refractivity contribution in [1.29, 1.82) is 0 Å². The Bertz CT molecular complexity index is 673. The fourth-order valence-corrected chi connectivity index (χ4v) is 2.35. The van der Waals surface area contributed by atoms with E-state index in [1.165, 1.54) is 0 Å². The number of hydrogen-bond acceptors (Lipinski definition) is 3. The van der Waals surface area contributed by atoms with Gasteiger partial charge in [-0.05, 0) is 47.1 Å². The van der Waals surface area contributed by atoms with E-state index in [1.54, 1.807) is 48.3 Å². The second kappa shape index (κ2) is 6.18. The van der Waals surface area contributed by atoms with Crippen LogP contribution in [-0.2, 0) is 0 Å². The number of benzene rings is 2. The summed E-state index contributed by atoms with van der Waals surface area (Å²) in [6.07, 6.45) is 0. The van der Waals surface area contributed by atoms with Crippen molar-refractivity contribution < 1.29 is 9.90 Å². The standard InChI is InChI=1S/C16H17BrN2O2/c1-10(12-5-3-4-6-15(12)20)19(2)16(21)11-7-8-13(17)14(18)9-11/h3-10,20H,18H2,1-2H3. The summed E-state index contributed by atoms with van der Waals surface area (Å²) in [5, 5.41) is 9.90. The molecule has 110 valence electrons. The molecular formula is C16H17BrN2O2. The lowest BCUT2D eigenvalue weighted by Gasteiger charge is -2.26. The summed E-state index contributed by atoms with van der Waals surface area (Å²) in [7, 11) is 1.71. The van der Waals surface area contributed by atoms with Gasteiger partial charge < -0.3 is 15.7 Å². The van der Waals surface area contributed by atoms with Crippen LogP contribution in [0.1, 0.15) is 28.9 Å². The number of para-hydroxylation sites is 1. The molecule has 0 saturated heterocycles. The van der Waals surface area contributed by atoms with Gasteiger partial charge in [0.25, 0.3) is 5.91 Å². The van der Waals surface area contributed by atoms with E-state index >= 15 is 0 Å². The number of nitrogens with zero attached hydrogens (tertiary/aromatic N) is 1. The highest BCUT2D eigenvalue weighted by molar-refractivity contribution is 9.10. The summed E-state index contributed by atoms with van der Waals surface area (Å²) in [4.78, 5) is 14.1. The van der Waals surface area contributed by atoms with Crippen LogP contribution in [0.4, 0.5) is 5.69 Å². The first-order chi connectivity index (χ1) is 9.91. The van der Waals surface area contributed by atoms with Crippen molar-refractivity contribution in [3.05, 3.63) is 58.1 Å². The maximum absolute atomic E-state index is 12.5. The highest BCUT2D eigenvalue weighted by Gasteiger charge is 2.21. The van der Waals surface area contributed by atoms with E-state index in [0.29, 0.717) is 16.8 Å². The molecule has 0 aromatic heterocycles. The molecule has 0 spiro atoms. The van der Waals surface area contributed by atoms with Crippen molar-refractivity contribution in [2.75, 3.05) is 12.8 Å². The van der Waals surface area contributed by atoms with Gasteiger partial charge in [0.2, 0.25) is 0 Å². The highest BCUT2D eigenvalue weighted by atomic mass is 79.9. The van der Waals surface area contributed by atoms with E-state index in [-0.39, 0.29) is 17.7 Å². The average Bonchev–Trinajstić information content (AvgIpc) is 2.48. The first-order valence-corrected chi connectivity index (χ1v) is 7.31. The number of hydrogen-bond donors (Lipinski definition) is 2. The van der Waals surface area contributed by atoms with Crippen LogP contribution < -0.4 is 5.73 Å². The Labute approximate surface area is 132 Å². The fraction of sp³-hybridized carbons (Fsp3) is 0.188. The summed E-state index contributed by atoms with van der Waals surface area (Å²) in [5.74, 6) is 0.0323. The molecule has 0 bridgehead atoms. The number of carbonyl (C=O) groups excluding carboxylic acids is 1. The molecule has 0 radical (unpaired) electrons. The van der Waals surface area contributed by atoms with Crippen LogP contribution in [0.15, 0.2) is 46.9 Å². The predicted molar refractivity (Wildman–Crippen MR) is 87.2 cm³/mol. The Hall–Kier alpha value is -2.01. The zero-order chi connectivity index (χ0) is 15.6. The minimum absolute atomic E-state index is 0.148. The molecule has 0 aliphatic carbocycles. The number of phenols is 1. The molecule has 21 heavy (non-hydrogen) atoms. The van der Waals surface area contributed by atoms with Gasteiger partial charge in [-0.3, -0.25) is 4.79 Å². The fourth-order valence-electron chi connectivity index (χ4n) is 2.11. The topological polar surface area (TPSA) is 66.6 Å². The predicted octanol–water partition coefficient (Wildman–Crippen LogP) is 3.57. The third-order valence-corrected chi connectivity index (χ3v) is 4.25. The molecule has 0 aliphatic rings. The van der Waals surface area contributed by atoms with Gasteiger partial charge in [0.05, 0.1) is 6.04 Å². The second-order valence-corrected chi connectivity index (χ2v) is 5.74. The molecule has 4 nitrogen and oxygen atoms in total. The van der Waals surface area contributed by atoms with E-state index in [2.05, 4.69) is 15.9 Å². The van der Waals surface area contributed by atoms with Gasteiger partial charge in [-0.25, -0.2) is 0 Å². The van der Waals surface area contributed by atoms with Gasteiger partial charge in [-0.1, -0.05) is 18.2 Å². The van der Waals surface area contributed by atoms with Crippen molar-refractivity contribution in [3.8, 4) is 5.75 Å². The van der Waals surface area contributed by atoms with Crippen LogP contribution in [0.3, 0.4) is 0 Å². The maximum atomic E-state index is 12.5. The van der Waals surface area contributed by atoms with Crippen molar-refractivity contribution in [1.82, 2.24) is 4.90 Å². The number of halogens is 1. The van der Waals surface area contributed by atoms with Crippen LogP contribution in [0.5, 0.6) is 5.75 Å². The first kappa shape index (κ1) is 15.4. The van der Waals surface area contributed by atoms with Crippen molar-refractivity contribution in [2.45, 2.75) is 13.0 Å². The van der Waals surface area contributed by atoms with E-state index in [0.717, 1.165) is 4.47 Å². The number of anilines is 1. The van der Waals surface area contributed by atoms with Crippen molar-refractivity contribution in [2.24, 2.45) is 0 Å². The number of phenolic OH excluding ortho intramolecular Hbond substituents is 1. The Morgan fingerprint density at radius 3 is 2.57 bits per heavy atom. The quantitative estimate of drug-likeness (QED) is 0.833. The molecule has 1 amide bonds. The molecule has 3 N–H and O–H groups in total. The van der Waals surface area contributed by atoms with Crippen molar-refractivity contribution in [3.63, 3.8) is 0 Å². The zero-order valence-corrected chi connectivity index (χ0v) is 13.5. The largest absolute Gasteiger partial charge is 0.508 e. The summed E-state index contributed by atoms with van der Waals surface area (Å²) in [5.41, 5.74) is 7.55. The number of rotatable bonds is 3. The number of carbonyl (C=O) groups is 1. The lowest BCUT2D eigenvalue weighted by Crippen LogP contribution is -2.29. The van der Waals surface area contributed by atoms with Crippen LogP contribution in [0, 0.1) is 0 Å². The molecule has 1 atom stereocenters. The molecule has 5 heteroatoms. The van der Waals surface area contributed by atoms with Crippen LogP contribution in [0.25, 0.3) is 0 Å². The average molecular weight is 349 g/mol. The maximum Gasteiger partial charge on any atom is 0.254 e. The lowest BCUT2D eigenvalue weighted by molar-refractivity contribution is 0.0741. The number of nitrogens with two attached hydrogens (primary N) is 1. The molecule has 1 unspecified atom stereocenters. The molecular weight excluding hydrogens is 332 g/mol. The minimum Gasteiger partial charge on any atom is -0.508 e. The second-order valence-electron chi connectivity index (χ2n) is 4.89. The molecule has 2 rings (SSSR count). The Morgan fingerprint density at radius 1 is 1.29 bits per heavy atom. The lowest BCUT2D eigenvalue weighted by atomic mass is 10.0.